The lowest BCUT2D eigenvalue weighted by Gasteiger charge is -2.15. The van der Waals surface area contributed by atoms with Crippen molar-refractivity contribution in [3.05, 3.63) is 56.2 Å². The fourth-order valence-electron chi connectivity index (χ4n) is 3.31. The zero-order valence-electron chi connectivity index (χ0n) is 19.0. The van der Waals surface area contributed by atoms with Gasteiger partial charge in [0.05, 0.1) is 0 Å². The summed E-state index contributed by atoms with van der Waals surface area (Å²) in [6.07, 6.45) is 0. The van der Waals surface area contributed by atoms with Crippen molar-refractivity contribution in [2.45, 2.75) is 94.9 Å². The largest absolute Gasteiger partial charge is 0.257 e. The Morgan fingerprint density at radius 3 is 0.923 bits per heavy atom. The molecule has 2 aromatic rings. The van der Waals surface area contributed by atoms with Gasteiger partial charge in [-0.05, 0) is 101 Å². The van der Waals surface area contributed by atoms with Crippen molar-refractivity contribution in [2.24, 2.45) is 0 Å². The van der Waals surface area contributed by atoms with E-state index in [4.69, 9.17) is 0 Å². The molecule has 0 unspecified atom stereocenters. The van der Waals surface area contributed by atoms with Gasteiger partial charge in [0.2, 0.25) is 0 Å². The Kier molecular flexibility index (Phi) is 7.56. The van der Waals surface area contributed by atoms with Crippen LogP contribution in [0.5, 0.6) is 0 Å². The Morgan fingerprint density at radius 2 is 0.692 bits per heavy atom. The van der Waals surface area contributed by atoms with Crippen molar-refractivity contribution < 1.29 is 0 Å². The molecule has 0 N–H and O–H groups in total. The van der Waals surface area contributed by atoms with Crippen LogP contribution in [0.4, 0.5) is 0 Å². The number of aryl methyl sites for hydroxylation is 2. The Balaban J connectivity index is 0.000000260. The number of aromatic nitrogens is 2. The smallest absolute Gasteiger partial charge is 0.0464 e. The lowest BCUT2D eigenvalue weighted by molar-refractivity contribution is 0.796. The van der Waals surface area contributed by atoms with Crippen LogP contribution >= 0.6 is 0 Å². The fourth-order valence-corrected chi connectivity index (χ4v) is 3.31. The molecular formula is C24H38N2. The van der Waals surface area contributed by atoms with Gasteiger partial charge in [0.15, 0.2) is 0 Å². The summed E-state index contributed by atoms with van der Waals surface area (Å²) in [6, 6.07) is 0. The summed E-state index contributed by atoms with van der Waals surface area (Å²) >= 11 is 0. The number of hydrogen-bond donors (Lipinski definition) is 0. The van der Waals surface area contributed by atoms with Gasteiger partial charge < -0.3 is 0 Å². The normalized spacial score (nSPS) is 11.0. The summed E-state index contributed by atoms with van der Waals surface area (Å²) in [7, 11) is 0. The summed E-state index contributed by atoms with van der Waals surface area (Å²) in [6.45, 7) is 26.0. The first kappa shape index (κ1) is 22.3. The van der Waals surface area contributed by atoms with Crippen LogP contribution in [-0.4, -0.2) is 9.97 Å². The van der Waals surface area contributed by atoms with E-state index in [9.17, 15) is 0 Å². The maximum Gasteiger partial charge on any atom is 0.0464 e. The Labute approximate surface area is 161 Å². The maximum absolute atomic E-state index is 4.63. The fraction of sp³-hybridized carbons (Fsp3) is 0.583. The minimum Gasteiger partial charge on any atom is -0.257 e. The third kappa shape index (κ3) is 4.72. The lowest BCUT2D eigenvalue weighted by Crippen LogP contribution is -2.03. The molecule has 0 spiro atoms. The van der Waals surface area contributed by atoms with Crippen LogP contribution in [0.15, 0.2) is 0 Å². The van der Waals surface area contributed by atoms with Crippen LogP contribution in [-0.2, 0) is 0 Å². The summed E-state index contributed by atoms with van der Waals surface area (Å²) in [5.74, 6) is 1.05. The van der Waals surface area contributed by atoms with Crippen LogP contribution in [0.25, 0.3) is 0 Å². The molecule has 0 atom stereocenters. The van der Waals surface area contributed by atoms with Crippen LogP contribution in [0.3, 0.4) is 0 Å². The Morgan fingerprint density at radius 1 is 0.423 bits per heavy atom. The second kappa shape index (κ2) is 8.79. The quantitative estimate of drug-likeness (QED) is 0.587. The van der Waals surface area contributed by atoms with Crippen molar-refractivity contribution in [1.29, 1.82) is 0 Å². The monoisotopic (exact) mass is 354 g/mol. The van der Waals surface area contributed by atoms with Crippen LogP contribution in [0.2, 0.25) is 0 Å². The summed E-state index contributed by atoms with van der Waals surface area (Å²) in [5.41, 5.74) is 13.0. The van der Waals surface area contributed by atoms with Gasteiger partial charge in [-0.2, -0.15) is 0 Å². The second-order valence-electron chi connectivity index (χ2n) is 8.22. The molecule has 0 bridgehead atoms. The molecule has 0 radical (unpaired) electrons. The van der Waals surface area contributed by atoms with Crippen molar-refractivity contribution in [2.75, 3.05) is 0 Å². The number of nitrogens with zero attached hydrogens (tertiary/aromatic N) is 2. The van der Waals surface area contributed by atoms with E-state index >= 15 is 0 Å². The number of hydrogen-bond acceptors (Lipinski definition) is 2. The predicted molar refractivity (Wildman–Crippen MR) is 115 cm³/mol. The first-order valence-electron chi connectivity index (χ1n) is 9.78. The zero-order chi connectivity index (χ0) is 20.3. The van der Waals surface area contributed by atoms with E-state index in [0.29, 0.717) is 11.8 Å². The average molecular weight is 355 g/mol. The predicted octanol–water partition coefficient (Wildman–Crippen LogP) is 6.88. The molecule has 0 aliphatic carbocycles. The van der Waals surface area contributed by atoms with Crippen LogP contribution in [0.1, 0.15) is 95.7 Å². The van der Waals surface area contributed by atoms with E-state index in [-0.39, 0.29) is 0 Å². The highest BCUT2D eigenvalue weighted by molar-refractivity contribution is 5.39. The van der Waals surface area contributed by atoms with Gasteiger partial charge in [-0.3, -0.25) is 9.97 Å². The van der Waals surface area contributed by atoms with Crippen molar-refractivity contribution in [3.63, 3.8) is 0 Å². The molecule has 0 saturated heterocycles. The molecule has 2 rings (SSSR count). The van der Waals surface area contributed by atoms with E-state index in [1.54, 1.807) is 0 Å². The maximum atomic E-state index is 4.63. The van der Waals surface area contributed by atoms with E-state index in [1.165, 1.54) is 56.2 Å². The van der Waals surface area contributed by atoms with E-state index in [2.05, 4.69) is 93.1 Å². The third-order valence-corrected chi connectivity index (χ3v) is 5.77. The zero-order valence-corrected chi connectivity index (χ0v) is 19.0. The molecular weight excluding hydrogens is 316 g/mol. The highest BCUT2D eigenvalue weighted by atomic mass is 14.7. The van der Waals surface area contributed by atoms with Gasteiger partial charge in [0, 0.05) is 22.8 Å². The minimum atomic E-state index is 0.526. The topological polar surface area (TPSA) is 25.8 Å². The molecule has 0 saturated carbocycles. The van der Waals surface area contributed by atoms with E-state index in [0.717, 1.165) is 0 Å². The summed E-state index contributed by atoms with van der Waals surface area (Å²) < 4.78 is 0. The standard InChI is InChI=1S/2C12H19N/c2*1-7(2)12-10(5)8(3)9(4)11(6)13-12/h2*7H,1-6H3. The molecule has 0 aliphatic heterocycles. The third-order valence-electron chi connectivity index (χ3n) is 5.77. The summed E-state index contributed by atoms with van der Waals surface area (Å²) in [4.78, 5) is 9.27. The van der Waals surface area contributed by atoms with E-state index in [1.807, 2.05) is 0 Å². The molecule has 2 nitrogen and oxygen atoms in total. The highest BCUT2D eigenvalue weighted by Crippen LogP contribution is 2.24. The molecule has 0 amide bonds. The highest BCUT2D eigenvalue weighted by Gasteiger charge is 2.11. The first-order chi connectivity index (χ1) is 11.9. The van der Waals surface area contributed by atoms with Gasteiger partial charge in [-0.25, -0.2) is 0 Å². The van der Waals surface area contributed by atoms with Gasteiger partial charge in [-0.15, -0.1) is 0 Å². The average Bonchev–Trinajstić information content (AvgIpc) is 2.57. The van der Waals surface area contributed by atoms with Gasteiger partial charge in [-0.1, -0.05) is 27.7 Å². The molecule has 2 heterocycles. The minimum absolute atomic E-state index is 0.526. The lowest BCUT2D eigenvalue weighted by atomic mass is 9.97. The molecule has 26 heavy (non-hydrogen) atoms. The van der Waals surface area contributed by atoms with Crippen molar-refractivity contribution in [3.8, 4) is 0 Å². The van der Waals surface area contributed by atoms with E-state index < -0.39 is 0 Å². The number of pyridine rings is 2. The molecule has 2 aromatic heterocycles. The Hall–Kier alpha value is -1.70. The molecule has 0 aliphatic rings. The van der Waals surface area contributed by atoms with Gasteiger partial charge >= 0.3 is 0 Å². The molecule has 2 heteroatoms. The Bertz CT molecular complexity index is 716. The SMILES string of the molecule is Cc1nc(C(C)C)c(C)c(C)c1C.Cc1nc(C(C)C)c(C)c(C)c1C. The molecule has 0 aromatic carbocycles. The first-order valence-corrected chi connectivity index (χ1v) is 9.78. The van der Waals surface area contributed by atoms with Crippen molar-refractivity contribution >= 4 is 0 Å². The van der Waals surface area contributed by atoms with Gasteiger partial charge in [0.25, 0.3) is 0 Å². The molecule has 144 valence electrons. The molecule has 0 fully saturated rings. The van der Waals surface area contributed by atoms with Crippen LogP contribution in [0, 0.1) is 55.4 Å². The van der Waals surface area contributed by atoms with Crippen LogP contribution < -0.4 is 0 Å². The summed E-state index contributed by atoms with van der Waals surface area (Å²) in [5, 5.41) is 0. The number of rotatable bonds is 2. The van der Waals surface area contributed by atoms with Crippen molar-refractivity contribution in [1.82, 2.24) is 9.97 Å². The van der Waals surface area contributed by atoms with Gasteiger partial charge in [0.1, 0.15) is 0 Å². The second-order valence-corrected chi connectivity index (χ2v) is 8.22.